The lowest BCUT2D eigenvalue weighted by Gasteiger charge is -2.20. The van der Waals surface area contributed by atoms with Gasteiger partial charge in [-0.1, -0.05) is 91.0 Å². The molecule has 3 aromatic rings. The third kappa shape index (κ3) is 21.6. The molecule has 0 heterocycles. The van der Waals surface area contributed by atoms with Gasteiger partial charge in [0, 0.05) is 37.8 Å². The maximum atomic E-state index is 13.2. The highest BCUT2D eigenvalue weighted by Gasteiger charge is 2.26. The van der Waals surface area contributed by atoms with Crippen molar-refractivity contribution in [2.45, 2.75) is 109 Å². The third-order valence-electron chi connectivity index (χ3n) is 9.16. The SMILES string of the molecule is CC(N)CCC(=O)NC(CCC(=O)NCC(=O)NC(CCC(=O)OCc1ccccc1)C(=O)OCc1ccccc1)C(=O)NCC(=O)NC(C)CCC(=O)OCc1ccccc1. The van der Waals surface area contributed by atoms with Gasteiger partial charge in [0.2, 0.25) is 29.5 Å². The van der Waals surface area contributed by atoms with Gasteiger partial charge in [-0.2, -0.15) is 0 Å². The summed E-state index contributed by atoms with van der Waals surface area (Å²) < 4.78 is 16.0. The average molecular weight is 859 g/mol. The van der Waals surface area contributed by atoms with E-state index < -0.39 is 78.7 Å². The van der Waals surface area contributed by atoms with Crippen LogP contribution < -0.4 is 32.3 Å². The molecule has 3 rings (SSSR count). The minimum absolute atomic E-state index is 0.0132. The van der Waals surface area contributed by atoms with E-state index in [1.807, 2.05) is 36.4 Å². The molecule has 7 N–H and O–H groups in total. The van der Waals surface area contributed by atoms with Crippen molar-refractivity contribution in [3.63, 3.8) is 0 Å². The van der Waals surface area contributed by atoms with Crippen LogP contribution in [0, 0.1) is 0 Å². The fourth-order valence-electron chi connectivity index (χ4n) is 5.67. The number of amides is 5. The van der Waals surface area contributed by atoms with Gasteiger partial charge < -0.3 is 46.5 Å². The number of carbonyl (C=O) groups is 8. The molecule has 17 heteroatoms. The van der Waals surface area contributed by atoms with Crippen molar-refractivity contribution in [1.82, 2.24) is 26.6 Å². The molecule has 0 bridgehead atoms. The molecule has 4 atom stereocenters. The normalized spacial score (nSPS) is 12.6. The number of nitrogens with two attached hydrogens (primary N) is 1. The molecule has 0 saturated carbocycles. The van der Waals surface area contributed by atoms with Gasteiger partial charge in [0.05, 0.1) is 13.1 Å². The molecule has 0 radical (unpaired) electrons. The van der Waals surface area contributed by atoms with E-state index in [1.54, 1.807) is 68.4 Å². The maximum absolute atomic E-state index is 13.2. The topological polar surface area (TPSA) is 250 Å². The first-order chi connectivity index (χ1) is 29.8. The first-order valence-electron chi connectivity index (χ1n) is 20.5. The number of esters is 3. The molecule has 5 amide bonds. The van der Waals surface area contributed by atoms with Crippen LogP contribution in [-0.4, -0.2) is 84.7 Å². The molecular weight excluding hydrogens is 801 g/mol. The monoisotopic (exact) mass is 858 g/mol. The van der Waals surface area contributed by atoms with E-state index in [0.717, 1.165) is 11.1 Å². The molecule has 62 heavy (non-hydrogen) atoms. The van der Waals surface area contributed by atoms with Gasteiger partial charge in [-0.25, -0.2) is 4.79 Å². The van der Waals surface area contributed by atoms with Crippen molar-refractivity contribution in [2.75, 3.05) is 13.1 Å². The van der Waals surface area contributed by atoms with Gasteiger partial charge in [0.25, 0.3) is 0 Å². The largest absolute Gasteiger partial charge is 0.461 e. The molecule has 334 valence electrons. The van der Waals surface area contributed by atoms with Crippen LogP contribution in [0.5, 0.6) is 0 Å². The summed E-state index contributed by atoms with van der Waals surface area (Å²) in [7, 11) is 0. The van der Waals surface area contributed by atoms with Gasteiger partial charge in [0.15, 0.2) is 0 Å². The fraction of sp³-hybridized carbons (Fsp3) is 0.422. The van der Waals surface area contributed by atoms with Crippen LogP contribution in [0.25, 0.3) is 0 Å². The van der Waals surface area contributed by atoms with Crippen LogP contribution >= 0.6 is 0 Å². The van der Waals surface area contributed by atoms with Crippen molar-refractivity contribution in [3.05, 3.63) is 108 Å². The van der Waals surface area contributed by atoms with Crippen molar-refractivity contribution in [1.29, 1.82) is 0 Å². The van der Waals surface area contributed by atoms with Crippen molar-refractivity contribution < 1.29 is 52.6 Å². The highest BCUT2D eigenvalue weighted by Crippen LogP contribution is 2.09. The minimum atomic E-state index is -1.24. The summed E-state index contributed by atoms with van der Waals surface area (Å²) in [5, 5.41) is 12.7. The number of hydrogen-bond acceptors (Lipinski definition) is 12. The van der Waals surface area contributed by atoms with Crippen molar-refractivity contribution in [2.24, 2.45) is 5.73 Å². The summed E-state index contributed by atoms with van der Waals surface area (Å²) >= 11 is 0. The Morgan fingerprint density at radius 3 is 1.45 bits per heavy atom. The van der Waals surface area contributed by atoms with Crippen LogP contribution in [-0.2, 0) is 72.4 Å². The Morgan fingerprint density at radius 2 is 0.919 bits per heavy atom. The standard InChI is InChI=1S/C45H58N6O11/c1-31(46)18-22-39(53)50-36(44(58)48-27-40(54)49-32(2)19-24-42(56)60-28-33-12-6-3-7-13-33)20-23-38(52)47-26-41(55)51-37(45(59)62-30-35-16-10-5-11-17-35)21-25-43(57)61-29-34-14-8-4-9-15-34/h3-17,31-32,36-37H,18-30,46H2,1-2H3,(H,47,52)(H,48,58)(H,49,54)(H,50,53)(H,51,55). The Kier molecular flexibility index (Phi) is 22.5. The van der Waals surface area contributed by atoms with E-state index in [4.69, 9.17) is 19.9 Å². The molecule has 3 aromatic carbocycles. The lowest BCUT2D eigenvalue weighted by molar-refractivity contribution is -0.150. The van der Waals surface area contributed by atoms with Crippen LogP contribution in [0.15, 0.2) is 91.0 Å². The quantitative estimate of drug-likeness (QED) is 0.0478. The van der Waals surface area contributed by atoms with Crippen LogP contribution in [0.3, 0.4) is 0 Å². The first kappa shape index (κ1) is 49.7. The fourth-order valence-corrected chi connectivity index (χ4v) is 5.67. The van der Waals surface area contributed by atoms with Gasteiger partial charge in [0.1, 0.15) is 31.9 Å². The third-order valence-corrected chi connectivity index (χ3v) is 9.16. The van der Waals surface area contributed by atoms with E-state index in [2.05, 4.69) is 26.6 Å². The van der Waals surface area contributed by atoms with Gasteiger partial charge >= 0.3 is 17.9 Å². The highest BCUT2D eigenvalue weighted by atomic mass is 16.5. The number of carbonyl (C=O) groups excluding carboxylic acids is 8. The van der Waals surface area contributed by atoms with E-state index in [1.165, 1.54) is 0 Å². The van der Waals surface area contributed by atoms with E-state index in [-0.39, 0.29) is 64.4 Å². The lowest BCUT2D eigenvalue weighted by Crippen LogP contribution is -2.50. The molecule has 17 nitrogen and oxygen atoms in total. The van der Waals surface area contributed by atoms with Gasteiger partial charge in [-0.3, -0.25) is 33.6 Å². The number of benzene rings is 3. The van der Waals surface area contributed by atoms with Gasteiger partial charge in [-0.05, 0) is 56.2 Å². The Balaban J connectivity index is 1.48. The summed E-state index contributed by atoms with van der Waals surface area (Å²) in [6.45, 7) is 2.52. The number of hydrogen-bond donors (Lipinski definition) is 6. The Bertz CT molecular complexity index is 1900. The molecule has 0 aliphatic heterocycles. The van der Waals surface area contributed by atoms with Crippen LogP contribution in [0.4, 0.5) is 0 Å². The lowest BCUT2D eigenvalue weighted by atomic mass is 10.1. The smallest absolute Gasteiger partial charge is 0.328 e. The first-order valence-corrected chi connectivity index (χ1v) is 20.5. The van der Waals surface area contributed by atoms with Crippen LogP contribution in [0.1, 0.15) is 81.9 Å². The van der Waals surface area contributed by atoms with Gasteiger partial charge in [-0.15, -0.1) is 0 Å². The second kappa shape index (κ2) is 28.0. The van der Waals surface area contributed by atoms with E-state index >= 15 is 0 Å². The van der Waals surface area contributed by atoms with Crippen molar-refractivity contribution in [3.8, 4) is 0 Å². The number of ether oxygens (including phenoxy) is 3. The Labute approximate surface area is 361 Å². The zero-order chi connectivity index (χ0) is 45.1. The zero-order valence-electron chi connectivity index (χ0n) is 35.2. The second-order valence-corrected chi connectivity index (χ2v) is 14.7. The molecular formula is C45H58N6O11. The Morgan fingerprint density at radius 1 is 0.484 bits per heavy atom. The Hall–Kier alpha value is -6.62. The molecule has 0 spiro atoms. The number of rotatable bonds is 27. The highest BCUT2D eigenvalue weighted by molar-refractivity contribution is 5.92. The molecule has 0 aliphatic rings. The second-order valence-electron chi connectivity index (χ2n) is 14.7. The summed E-state index contributed by atoms with van der Waals surface area (Å²) in [6.07, 6.45) is -0.137. The molecule has 0 fully saturated rings. The number of nitrogens with one attached hydrogen (secondary N) is 5. The molecule has 0 aromatic heterocycles. The predicted octanol–water partition coefficient (Wildman–Crippen LogP) is 2.39. The molecule has 4 unspecified atom stereocenters. The predicted molar refractivity (Wildman–Crippen MR) is 227 cm³/mol. The minimum Gasteiger partial charge on any atom is -0.461 e. The summed E-state index contributed by atoms with van der Waals surface area (Å²) in [5.41, 5.74) is 8.11. The average Bonchev–Trinajstić information content (AvgIpc) is 3.27. The van der Waals surface area contributed by atoms with E-state index in [9.17, 15) is 38.4 Å². The summed E-state index contributed by atoms with van der Waals surface area (Å²) in [5.74, 6) is -4.96. The molecule has 0 saturated heterocycles. The summed E-state index contributed by atoms with van der Waals surface area (Å²) in [6, 6.07) is 24.0. The van der Waals surface area contributed by atoms with Crippen molar-refractivity contribution >= 4 is 47.4 Å². The molecule has 0 aliphatic carbocycles. The van der Waals surface area contributed by atoms with Crippen LogP contribution in [0.2, 0.25) is 0 Å². The zero-order valence-corrected chi connectivity index (χ0v) is 35.2. The summed E-state index contributed by atoms with van der Waals surface area (Å²) in [4.78, 5) is 102. The maximum Gasteiger partial charge on any atom is 0.328 e. The van der Waals surface area contributed by atoms with E-state index in [0.29, 0.717) is 18.4 Å².